The highest BCUT2D eigenvalue weighted by Gasteiger charge is 2.44. The second-order valence-electron chi connectivity index (χ2n) is 4.29. The topological polar surface area (TPSA) is 75.0 Å². The number of nitrogens with one attached hydrogen (secondary N) is 1. The van der Waals surface area contributed by atoms with Crippen molar-refractivity contribution in [3.63, 3.8) is 0 Å². The maximum Gasteiger partial charge on any atom is 0.680 e. The Morgan fingerprint density at radius 1 is 0.800 bits per heavy atom. The summed E-state index contributed by atoms with van der Waals surface area (Å²) in [6.07, 6.45) is 4.60. The van der Waals surface area contributed by atoms with Crippen LogP contribution in [0.1, 0.15) is 46.5 Å². The van der Waals surface area contributed by atoms with Gasteiger partial charge in [0.05, 0.1) is 6.73 Å². The van der Waals surface area contributed by atoms with Crippen LogP contribution in [-0.4, -0.2) is 48.7 Å². The Kier molecular flexibility index (Phi) is 13.9. The molecule has 0 aromatic carbocycles. The highest BCUT2D eigenvalue weighted by molar-refractivity contribution is 6.53. The van der Waals surface area contributed by atoms with Crippen molar-refractivity contribution in [3.05, 3.63) is 0 Å². The maximum atomic E-state index is 5.72. The van der Waals surface area contributed by atoms with Crippen LogP contribution in [0.15, 0.2) is 0 Å². The summed E-state index contributed by atoms with van der Waals surface area (Å²) in [7, 11) is -2.96. The quantitative estimate of drug-likeness (QED) is 0.272. The van der Waals surface area contributed by atoms with Crippen LogP contribution in [-0.2, 0) is 17.7 Å². The predicted octanol–water partition coefficient (Wildman–Crippen LogP) is 1.61. The molecule has 0 unspecified atom stereocenters. The van der Waals surface area contributed by atoms with Crippen molar-refractivity contribution in [2.75, 3.05) is 39.6 Å². The zero-order valence-corrected chi connectivity index (χ0v) is 14.3. The van der Waals surface area contributed by atoms with Crippen LogP contribution in [0.3, 0.4) is 0 Å². The third-order valence-electron chi connectivity index (χ3n) is 2.62. The minimum absolute atomic E-state index is 0.392. The van der Waals surface area contributed by atoms with Crippen LogP contribution in [0.2, 0.25) is 0 Å². The molecule has 0 amide bonds. The molecule has 122 valence electrons. The molecule has 0 aromatic heterocycles. The van der Waals surface area contributed by atoms with Gasteiger partial charge in [0.15, 0.2) is 0 Å². The molecule has 0 fully saturated rings. The summed E-state index contributed by atoms with van der Waals surface area (Å²) in [5.74, 6) is 0. The first-order valence-electron chi connectivity index (χ1n) is 7.71. The Morgan fingerprint density at radius 2 is 1.35 bits per heavy atom. The van der Waals surface area contributed by atoms with Crippen molar-refractivity contribution in [3.8, 4) is 0 Å². The van der Waals surface area contributed by atoms with Gasteiger partial charge in [0.1, 0.15) is 0 Å². The molecule has 3 N–H and O–H groups in total. The van der Waals surface area contributed by atoms with E-state index in [1.54, 1.807) is 0 Å². The Labute approximate surface area is 124 Å². The van der Waals surface area contributed by atoms with Crippen LogP contribution in [0.25, 0.3) is 0 Å². The summed E-state index contributed by atoms with van der Waals surface area (Å²) in [5, 5.41) is 3.23. The lowest BCUT2D eigenvalue weighted by Gasteiger charge is -2.26. The van der Waals surface area contributed by atoms with E-state index in [1.807, 2.05) is 20.8 Å². The van der Waals surface area contributed by atoms with Crippen molar-refractivity contribution in [1.29, 1.82) is 0 Å². The van der Waals surface area contributed by atoms with Gasteiger partial charge in [0.2, 0.25) is 0 Å². The first-order chi connectivity index (χ1) is 9.74. The van der Waals surface area contributed by atoms with E-state index < -0.39 is 9.05 Å². The molecule has 0 atom stereocenters. The standard InChI is InChI=1S/C13H32N2O4Si/c1-4-16-20(17-5-2,18-6-3)19-13-15-12-10-8-7-9-11-14/h15H,4-14H2,1-3H3. The summed E-state index contributed by atoms with van der Waals surface area (Å²) in [5.41, 5.74) is 5.45. The van der Waals surface area contributed by atoms with Gasteiger partial charge in [0, 0.05) is 19.8 Å². The Hall–Kier alpha value is -0.0231. The lowest BCUT2D eigenvalue weighted by atomic mass is 10.2. The summed E-state index contributed by atoms with van der Waals surface area (Å²) in [4.78, 5) is 0. The van der Waals surface area contributed by atoms with E-state index in [9.17, 15) is 0 Å². The van der Waals surface area contributed by atoms with Crippen molar-refractivity contribution in [1.82, 2.24) is 5.32 Å². The number of unbranched alkanes of at least 4 members (excludes halogenated alkanes) is 3. The van der Waals surface area contributed by atoms with Gasteiger partial charge in [-0.2, -0.15) is 0 Å². The van der Waals surface area contributed by atoms with Crippen molar-refractivity contribution in [2.45, 2.75) is 46.5 Å². The van der Waals surface area contributed by atoms with E-state index in [4.69, 9.17) is 23.4 Å². The Balaban J connectivity index is 3.82. The minimum atomic E-state index is -2.96. The smallest absolute Gasteiger partial charge is 0.351 e. The molecule has 0 saturated carbocycles. The second kappa shape index (κ2) is 13.9. The molecule has 0 aliphatic heterocycles. The fraction of sp³-hybridized carbons (Fsp3) is 1.00. The van der Waals surface area contributed by atoms with Gasteiger partial charge in [-0.1, -0.05) is 12.8 Å². The normalized spacial score (nSPS) is 12.0. The van der Waals surface area contributed by atoms with Gasteiger partial charge < -0.3 is 23.4 Å². The number of nitrogens with two attached hydrogens (primary N) is 1. The molecule has 7 heteroatoms. The fourth-order valence-corrected chi connectivity index (χ4v) is 3.58. The predicted molar refractivity (Wildman–Crippen MR) is 82.1 cm³/mol. The monoisotopic (exact) mass is 308 g/mol. The van der Waals surface area contributed by atoms with Gasteiger partial charge in [-0.3, -0.25) is 5.32 Å². The molecule has 0 saturated heterocycles. The van der Waals surface area contributed by atoms with E-state index in [1.165, 1.54) is 12.8 Å². The molecule has 0 aliphatic carbocycles. The van der Waals surface area contributed by atoms with Gasteiger partial charge in [-0.15, -0.1) is 0 Å². The van der Waals surface area contributed by atoms with E-state index in [0.717, 1.165) is 25.9 Å². The maximum absolute atomic E-state index is 5.72. The van der Waals surface area contributed by atoms with Gasteiger partial charge in [0.25, 0.3) is 0 Å². The highest BCUT2D eigenvalue weighted by atomic mass is 28.4. The van der Waals surface area contributed by atoms with Gasteiger partial charge >= 0.3 is 9.05 Å². The molecule has 0 aromatic rings. The molecule has 0 radical (unpaired) electrons. The molecule has 0 spiro atoms. The Morgan fingerprint density at radius 3 is 1.85 bits per heavy atom. The van der Waals surface area contributed by atoms with Crippen molar-refractivity contribution in [2.24, 2.45) is 5.73 Å². The average Bonchev–Trinajstić information content (AvgIpc) is 2.43. The lowest BCUT2D eigenvalue weighted by Crippen LogP contribution is -2.51. The third kappa shape index (κ3) is 9.81. The largest absolute Gasteiger partial charge is 0.680 e. The summed E-state index contributed by atoms with van der Waals surface area (Å²) >= 11 is 0. The molecule has 0 aliphatic rings. The first-order valence-corrected chi connectivity index (χ1v) is 9.34. The van der Waals surface area contributed by atoms with Crippen LogP contribution in [0, 0.1) is 0 Å². The fourth-order valence-electron chi connectivity index (χ4n) is 1.74. The molecule has 6 nitrogen and oxygen atoms in total. The second-order valence-corrected chi connectivity index (χ2v) is 6.45. The van der Waals surface area contributed by atoms with Crippen LogP contribution < -0.4 is 11.1 Å². The summed E-state index contributed by atoms with van der Waals surface area (Å²) < 4.78 is 22.5. The number of hydrogen-bond acceptors (Lipinski definition) is 6. The van der Waals surface area contributed by atoms with Crippen LogP contribution >= 0.6 is 0 Å². The first kappa shape index (κ1) is 20.0. The lowest BCUT2D eigenvalue weighted by molar-refractivity contribution is -0.0310. The third-order valence-corrected chi connectivity index (χ3v) is 5.05. The summed E-state index contributed by atoms with van der Waals surface area (Å²) in [6, 6.07) is 0. The van der Waals surface area contributed by atoms with E-state index in [0.29, 0.717) is 26.6 Å². The SMILES string of the molecule is CCO[Si](OCC)(OCC)OCNCCCCCCN. The molecular weight excluding hydrogens is 276 g/mol. The van der Waals surface area contributed by atoms with Crippen molar-refractivity contribution >= 4 is 9.05 Å². The highest BCUT2D eigenvalue weighted by Crippen LogP contribution is 2.11. The van der Waals surface area contributed by atoms with E-state index in [-0.39, 0.29) is 0 Å². The Bertz CT molecular complexity index is 194. The zero-order chi connectivity index (χ0) is 15.1. The molecule has 0 heterocycles. The minimum Gasteiger partial charge on any atom is -0.351 e. The molecule has 0 rings (SSSR count). The van der Waals surface area contributed by atoms with Crippen molar-refractivity contribution < 1.29 is 17.7 Å². The van der Waals surface area contributed by atoms with E-state index >= 15 is 0 Å². The number of rotatable bonds is 15. The van der Waals surface area contributed by atoms with Crippen LogP contribution in [0.4, 0.5) is 0 Å². The zero-order valence-electron chi connectivity index (χ0n) is 13.3. The molecule has 20 heavy (non-hydrogen) atoms. The van der Waals surface area contributed by atoms with E-state index in [2.05, 4.69) is 5.32 Å². The molecular formula is C13H32N2O4Si. The average molecular weight is 308 g/mol. The molecule has 0 bridgehead atoms. The van der Waals surface area contributed by atoms with Crippen LogP contribution in [0.5, 0.6) is 0 Å². The number of hydrogen-bond donors (Lipinski definition) is 2. The van der Waals surface area contributed by atoms with Gasteiger partial charge in [-0.25, -0.2) is 0 Å². The van der Waals surface area contributed by atoms with Gasteiger partial charge in [-0.05, 0) is 46.7 Å². The summed E-state index contributed by atoms with van der Waals surface area (Å²) in [6.45, 7) is 9.38.